The minimum atomic E-state index is -0.845. The molecule has 0 aliphatic rings. The van der Waals surface area contributed by atoms with Gasteiger partial charge in [-0.25, -0.2) is 13.9 Å². The topological polar surface area (TPSA) is 90.3 Å². The highest BCUT2D eigenvalue weighted by Gasteiger charge is 2.19. The average Bonchev–Trinajstić information content (AvgIpc) is 2.70. The molecule has 150 valence electrons. The standard InChI is InChI=1S/C21H20FN3O4/c1-13(2)11-25-20(27)15-8-4-3-7-14(15)19(24-25)21(28)29-12-18(26)23-17-10-6-5-9-16(17)22/h3-10,13H,11-12H2,1-2H3,(H,23,26). The lowest BCUT2D eigenvalue weighted by atomic mass is 10.1. The van der Waals surface area contributed by atoms with Crippen molar-refractivity contribution in [1.29, 1.82) is 0 Å². The van der Waals surface area contributed by atoms with E-state index in [1.165, 1.54) is 22.9 Å². The van der Waals surface area contributed by atoms with Crippen molar-refractivity contribution >= 4 is 28.3 Å². The molecule has 0 spiro atoms. The van der Waals surface area contributed by atoms with Crippen LogP contribution in [-0.2, 0) is 16.1 Å². The molecule has 0 atom stereocenters. The third kappa shape index (κ3) is 4.66. The van der Waals surface area contributed by atoms with Crippen molar-refractivity contribution in [1.82, 2.24) is 9.78 Å². The summed E-state index contributed by atoms with van der Waals surface area (Å²) < 4.78 is 19.9. The Labute approximate surface area is 166 Å². The number of nitrogens with zero attached hydrogens (tertiary/aromatic N) is 2. The Balaban J connectivity index is 1.81. The van der Waals surface area contributed by atoms with E-state index < -0.39 is 24.3 Å². The highest BCUT2D eigenvalue weighted by Crippen LogP contribution is 2.15. The molecule has 3 aromatic rings. The Hall–Kier alpha value is -3.55. The predicted molar refractivity (Wildman–Crippen MR) is 106 cm³/mol. The molecule has 0 aliphatic carbocycles. The van der Waals surface area contributed by atoms with Gasteiger partial charge in [-0.05, 0) is 24.1 Å². The number of nitrogens with one attached hydrogen (secondary N) is 1. The maximum atomic E-state index is 13.6. The second-order valence-corrected chi connectivity index (χ2v) is 6.88. The van der Waals surface area contributed by atoms with Crippen LogP contribution in [0.15, 0.2) is 53.3 Å². The Morgan fingerprint density at radius 3 is 2.45 bits per heavy atom. The molecule has 0 fully saturated rings. The number of amides is 1. The van der Waals surface area contributed by atoms with Crippen LogP contribution in [0.5, 0.6) is 0 Å². The minimum Gasteiger partial charge on any atom is -0.451 e. The third-order valence-corrected chi connectivity index (χ3v) is 4.08. The first kappa shape index (κ1) is 20.2. The Morgan fingerprint density at radius 1 is 1.10 bits per heavy atom. The van der Waals surface area contributed by atoms with Crippen molar-refractivity contribution in [3.05, 3.63) is 70.4 Å². The van der Waals surface area contributed by atoms with Crippen LogP contribution >= 0.6 is 0 Å². The number of carbonyl (C=O) groups excluding carboxylic acids is 2. The summed E-state index contributed by atoms with van der Waals surface area (Å²) in [5.41, 5.74) is -0.370. The summed E-state index contributed by atoms with van der Waals surface area (Å²) in [7, 11) is 0. The molecule has 0 radical (unpaired) electrons. The van der Waals surface area contributed by atoms with E-state index in [1.807, 2.05) is 13.8 Å². The first-order chi connectivity index (χ1) is 13.9. The summed E-state index contributed by atoms with van der Waals surface area (Å²) in [6.45, 7) is 3.56. The fourth-order valence-corrected chi connectivity index (χ4v) is 2.80. The van der Waals surface area contributed by atoms with E-state index >= 15 is 0 Å². The number of benzene rings is 2. The van der Waals surface area contributed by atoms with E-state index in [0.717, 1.165) is 0 Å². The Bertz CT molecular complexity index is 1120. The SMILES string of the molecule is CC(C)Cn1nc(C(=O)OCC(=O)Nc2ccccc2F)c2ccccc2c1=O. The smallest absolute Gasteiger partial charge is 0.359 e. The molecule has 8 heteroatoms. The van der Waals surface area contributed by atoms with Gasteiger partial charge in [0, 0.05) is 11.9 Å². The number of anilines is 1. The van der Waals surface area contributed by atoms with Crippen LogP contribution in [0.1, 0.15) is 24.3 Å². The number of hydrogen-bond donors (Lipinski definition) is 1. The molecule has 2 aromatic carbocycles. The summed E-state index contributed by atoms with van der Waals surface area (Å²) >= 11 is 0. The molecule has 0 saturated carbocycles. The molecule has 0 aliphatic heterocycles. The number of esters is 1. The largest absolute Gasteiger partial charge is 0.451 e. The molecule has 0 bridgehead atoms. The van der Waals surface area contributed by atoms with Gasteiger partial charge < -0.3 is 10.1 Å². The van der Waals surface area contributed by atoms with Crippen molar-refractivity contribution in [2.24, 2.45) is 5.92 Å². The van der Waals surface area contributed by atoms with Crippen LogP contribution < -0.4 is 10.9 Å². The van der Waals surface area contributed by atoms with E-state index in [4.69, 9.17) is 4.74 Å². The Kier molecular flexibility index (Phi) is 6.01. The zero-order valence-corrected chi connectivity index (χ0v) is 16.0. The lowest BCUT2D eigenvalue weighted by Crippen LogP contribution is -2.29. The van der Waals surface area contributed by atoms with Crippen LogP contribution in [0.4, 0.5) is 10.1 Å². The zero-order valence-electron chi connectivity index (χ0n) is 16.0. The summed E-state index contributed by atoms with van der Waals surface area (Å²) in [6, 6.07) is 12.2. The highest BCUT2D eigenvalue weighted by molar-refractivity contribution is 6.03. The van der Waals surface area contributed by atoms with Crippen LogP contribution in [-0.4, -0.2) is 28.3 Å². The lowest BCUT2D eigenvalue weighted by Gasteiger charge is -2.12. The van der Waals surface area contributed by atoms with Gasteiger partial charge in [-0.3, -0.25) is 9.59 Å². The van der Waals surface area contributed by atoms with E-state index in [9.17, 15) is 18.8 Å². The minimum absolute atomic E-state index is 0.0115. The Morgan fingerprint density at radius 2 is 1.76 bits per heavy atom. The molecule has 7 nitrogen and oxygen atoms in total. The summed E-state index contributed by atoms with van der Waals surface area (Å²) in [5, 5.41) is 7.17. The van der Waals surface area contributed by atoms with Gasteiger partial charge in [0.2, 0.25) is 0 Å². The molecule has 3 rings (SSSR count). The first-order valence-corrected chi connectivity index (χ1v) is 9.08. The van der Waals surface area contributed by atoms with Gasteiger partial charge in [0.05, 0.1) is 11.1 Å². The number of carbonyl (C=O) groups is 2. The summed E-state index contributed by atoms with van der Waals surface area (Å²) in [5.74, 6) is -2.00. The fourth-order valence-electron chi connectivity index (χ4n) is 2.80. The van der Waals surface area contributed by atoms with E-state index in [1.54, 1.807) is 30.3 Å². The van der Waals surface area contributed by atoms with Crippen molar-refractivity contribution in [2.45, 2.75) is 20.4 Å². The summed E-state index contributed by atoms with van der Waals surface area (Å²) in [6.07, 6.45) is 0. The van der Waals surface area contributed by atoms with Crippen molar-refractivity contribution in [3.63, 3.8) is 0 Å². The molecular formula is C21H20FN3O4. The van der Waals surface area contributed by atoms with Gasteiger partial charge >= 0.3 is 5.97 Å². The maximum absolute atomic E-state index is 13.6. The molecule has 0 saturated heterocycles. The molecule has 1 N–H and O–H groups in total. The van der Waals surface area contributed by atoms with Gasteiger partial charge in [-0.1, -0.05) is 44.2 Å². The van der Waals surface area contributed by atoms with Crippen LogP contribution in [0.3, 0.4) is 0 Å². The normalized spacial score (nSPS) is 10.9. The number of ether oxygens (including phenoxy) is 1. The highest BCUT2D eigenvalue weighted by atomic mass is 19.1. The van der Waals surface area contributed by atoms with Gasteiger partial charge in [0.15, 0.2) is 12.3 Å². The van der Waals surface area contributed by atoms with Gasteiger partial charge in [-0.2, -0.15) is 5.10 Å². The van der Waals surface area contributed by atoms with E-state index in [0.29, 0.717) is 17.3 Å². The van der Waals surface area contributed by atoms with Crippen molar-refractivity contribution in [2.75, 3.05) is 11.9 Å². The number of rotatable bonds is 6. The molecule has 1 aromatic heterocycles. The second-order valence-electron chi connectivity index (χ2n) is 6.88. The number of aromatic nitrogens is 2. The zero-order chi connectivity index (χ0) is 21.0. The quantitative estimate of drug-likeness (QED) is 0.646. The number of para-hydroxylation sites is 1. The van der Waals surface area contributed by atoms with Crippen LogP contribution in [0, 0.1) is 11.7 Å². The lowest BCUT2D eigenvalue weighted by molar-refractivity contribution is -0.119. The predicted octanol–water partition coefficient (Wildman–Crippen LogP) is 2.99. The van der Waals surface area contributed by atoms with Crippen LogP contribution in [0.2, 0.25) is 0 Å². The van der Waals surface area contributed by atoms with Crippen molar-refractivity contribution in [3.8, 4) is 0 Å². The van der Waals surface area contributed by atoms with Gasteiger partial charge in [0.1, 0.15) is 5.82 Å². The van der Waals surface area contributed by atoms with Crippen molar-refractivity contribution < 1.29 is 18.7 Å². The molecule has 1 heterocycles. The molecular weight excluding hydrogens is 377 g/mol. The fraction of sp³-hybridized carbons (Fsp3) is 0.238. The van der Waals surface area contributed by atoms with Gasteiger partial charge in [0.25, 0.3) is 11.5 Å². The molecule has 1 amide bonds. The third-order valence-electron chi connectivity index (χ3n) is 4.08. The number of hydrogen-bond acceptors (Lipinski definition) is 5. The second kappa shape index (κ2) is 8.64. The number of halogens is 1. The molecule has 29 heavy (non-hydrogen) atoms. The number of fused-ring (bicyclic) bond motifs is 1. The molecule has 0 unspecified atom stereocenters. The first-order valence-electron chi connectivity index (χ1n) is 9.08. The monoisotopic (exact) mass is 397 g/mol. The maximum Gasteiger partial charge on any atom is 0.359 e. The van der Waals surface area contributed by atoms with E-state index in [2.05, 4.69) is 10.4 Å². The van der Waals surface area contributed by atoms with Gasteiger partial charge in [-0.15, -0.1) is 0 Å². The van der Waals surface area contributed by atoms with Crippen LogP contribution in [0.25, 0.3) is 10.8 Å². The summed E-state index contributed by atoms with van der Waals surface area (Å²) in [4.78, 5) is 37.2. The average molecular weight is 397 g/mol. The van der Waals surface area contributed by atoms with E-state index in [-0.39, 0.29) is 22.9 Å².